The third-order valence-corrected chi connectivity index (χ3v) is 2.60. The van der Waals surface area contributed by atoms with Crippen LogP contribution >= 0.6 is 0 Å². The molecule has 20 heavy (non-hydrogen) atoms. The van der Waals surface area contributed by atoms with Crippen LogP contribution in [0, 0.1) is 0 Å². The molecule has 0 aliphatic rings. The Hall–Kier alpha value is -2.08. The lowest BCUT2D eigenvalue weighted by atomic mass is 10.2. The molecule has 0 heterocycles. The molecule has 0 bridgehead atoms. The maximum atomic E-state index is 11.5. The van der Waals surface area contributed by atoms with E-state index in [1.807, 2.05) is 19.1 Å². The average Bonchev–Trinajstić information content (AvgIpc) is 2.46. The molecule has 0 fully saturated rings. The van der Waals surface area contributed by atoms with Crippen molar-refractivity contribution in [2.75, 3.05) is 13.2 Å². The molecular weight excluding hydrogens is 258 g/mol. The third kappa shape index (κ3) is 6.19. The molecule has 6 nitrogen and oxygen atoms in total. The Balaban J connectivity index is 2.26. The van der Waals surface area contributed by atoms with Crippen LogP contribution in [0.3, 0.4) is 0 Å². The van der Waals surface area contributed by atoms with Gasteiger partial charge in [-0.1, -0.05) is 25.5 Å². The number of hydrogen-bond donors (Lipinski definition) is 3. The fourth-order valence-electron chi connectivity index (χ4n) is 1.46. The van der Waals surface area contributed by atoms with Crippen molar-refractivity contribution in [1.82, 2.24) is 10.6 Å². The van der Waals surface area contributed by atoms with Gasteiger partial charge in [0.15, 0.2) is 6.61 Å². The van der Waals surface area contributed by atoms with Crippen molar-refractivity contribution in [3.63, 3.8) is 0 Å². The average molecular weight is 279 g/mol. The summed E-state index contributed by atoms with van der Waals surface area (Å²) in [6.07, 6.45) is 1.86. The summed E-state index contributed by atoms with van der Waals surface area (Å²) in [5.74, 6) is 0.0747. The number of nitrogens with one attached hydrogen (secondary N) is 2. The predicted octanol–water partition coefficient (Wildman–Crippen LogP) is 1.15. The lowest BCUT2D eigenvalue weighted by molar-refractivity contribution is -0.122. The molecule has 1 aromatic rings. The first kappa shape index (κ1) is 16.0. The van der Waals surface area contributed by atoms with E-state index >= 15 is 0 Å². The summed E-state index contributed by atoms with van der Waals surface area (Å²) in [6, 6.07) is 6.62. The minimum absolute atomic E-state index is 0.205. The second-order valence-electron chi connectivity index (χ2n) is 4.29. The zero-order valence-corrected chi connectivity index (χ0v) is 11.6. The van der Waals surface area contributed by atoms with Gasteiger partial charge in [-0.3, -0.25) is 10.1 Å². The number of hydrogen-bond acceptors (Lipinski definition) is 4. The molecule has 0 aliphatic carbocycles. The summed E-state index contributed by atoms with van der Waals surface area (Å²) in [5, 5.41) is 4.79. The molecule has 0 aliphatic heterocycles. The quantitative estimate of drug-likeness (QED) is 0.653. The van der Waals surface area contributed by atoms with Gasteiger partial charge in [-0.05, 0) is 24.1 Å². The van der Waals surface area contributed by atoms with Crippen LogP contribution in [0.25, 0.3) is 0 Å². The number of carbonyl (C=O) groups excluding carboxylic acids is 2. The van der Waals surface area contributed by atoms with Crippen molar-refractivity contribution < 1.29 is 14.3 Å². The standard InChI is InChI=1S/C14H21N3O3/c1-2-3-8-16-14(19)17-13(18)10-20-12-6-4-11(9-15)5-7-12/h4-7H,2-3,8-10,15H2,1H3,(H2,16,17,18,19). The zero-order chi connectivity index (χ0) is 14.8. The van der Waals surface area contributed by atoms with Crippen LogP contribution in [0.15, 0.2) is 24.3 Å². The number of benzene rings is 1. The van der Waals surface area contributed by atoms with E-state index in [0.29, 0.717) is 18.8 Å². The Morgan fingerprint density at radius 3 is 2.55 bits per heavy atom. The van der Waals surface area contributed by atoms with Crippen molar-refractivity contribution in [2.45, 2.75) is 26.3 Å². The number of imide groups is 1. The fourth-order valence-corrected chi connectivity index (χ4v) is 1.46. The molecule has 0 saturated heterocycles. The second kappa shape index (κ2) is 8.92. The topological polar surface area (TPSA) is 93.5 Å². The highest BCUT2D eigenvalue weighted by Gasteiger charge is 2.07. The lowest BCUT2D eigenvalue weighted by Crippen LogP contribution is -2.41. The second-order valence-corrected chi connectivity index (χ2v) is 4.29. The molecule has 6 heteroatoms. The van der Waals surface area contributed by atoms with Crippen LogP contribution in [0.4, 0.5) is 4.79 Å². The van der Waals surface area contributed by atoms with Gasteiger partial charge in [-0.2, -0.15) is 0 Å². The predicted molar refractivity (Wildman–Crippen MR) is 76.3 cm³/mol. The number of ether oxygens (including phenoxy) is 1. The monoisotopic (exact) mass is 279 g/mol. The van der Waals surface area contributed by atoms with Gasteiger partial charge in [0.1, 0.15) is 5.75 Å². The highest BCUT2D eigenvalue weighted by molar-refractivity contribution is 5.94. The molecule has 110 valence electrons. The van der Waals surface area contributed by atoms with E-state index in [9.17, 15) is 9.59 Å². The van der Waals surface area contributed by atoms with E-state index < -0.39 is 11.9 Å². The van der Waals surface area contributed by atoms with Crippen molar-refractivity contribution in [2.24, 2.45) is 5.73 Å². The van der Waals surface area contributed by atoms with Gasteiger partial charge in [-0.25, -0.2) is 4.79 Å². The Kier molecular flexibility index (Phi) is 7.13. The first-order chi connectivity index (χ1) is 9.65. The van der Waals surface area contributed by atoms with Gasteiger partial charge < -0.3 is 15.8 Å². The summed E-state index contributed by atoms with van der Waals surface area (Å²) < 4.78 is 5.26. The van der Waals surface area contributed by atoms with Crippen molar-refractivity contribution in [3.8, 4) is 5.75 Å². The van der Waals surface area contributed by atoms with Crippen molar-refractivity contribution in [1.29, 1.82) is 0 Å². The van der Waals surface area contributed by atoms with E-state index in [-0.39, 0.29) is 6.61 Å². The fraction of sp³-hybridized carbons (Fsp3) is 0.429. The van der Waals surface area contributed by atoms with Gasteiger partial charge in [-0.15, -0.1) is 0 Å². The number of amides is 3. The molecule has 0 atom stereocenters. The molecule has 0 aromatic heterocycles. The first-order valence-electron chi connectivity index (χ1n) is 6.65. The van der Waals surface area contributed by atoms with E-state index in [1.54, 1.807) is 12.1 Å². The van der Waals surface area contributed by atoms with Crippen LogP contribution in [0.2, 0.25) is 0 Å². The largest absolute Gasteiger partial charge is 0.484 e. The Labute approximate surface area is 118 Å². The number of carbonyl (C=O) groups is 2. The zero-order valence-electron chi connectivity index (χ0n) is 11.6. The Bertz CT molecular complexity index is 432. The minimum Gasteiger partial charge on any atom is -0.484 e. The van der Waals surface area contributed by atoms with Crippen LogP contribution in [-0.4, -0.2) is 25.1 Å². The normalized spacial score (nSPS) is 9.90. The van der Waals surface area contributed by atoms with E-state index in [4.69, 9.17) is 10.5 Å². The molecule has 0 spiro atoms. The smallest absolute Gasteiger partial charge is 0.321 e. The van der Waals surface area contributed by atoms with Gasteiger partial charge >= 0.3 is 6.03 Å². The van der Waals surface area contributed by atoms with Crippen LogP contribution in [0.5, 0.6) is 5.75 Å². The Morgan fingerprint density at radius 1 is 1.25 bits per heavy atom. The summed E-state index contributed by atoms with van der Waals surface area (Å²) in [7, 11) is 0. The molecule has 0 unspecified atom stereocenters. The van der Waals surface area contributed by atoms with Crippen molar-refractivity contribution >= 4 is 11.9 Å². The summed E-state index contributed by atoms with van der Waals surface area (Å²) in [5.41, 5.74) is 6.46. The Morgan fingerprint density at radius 2 is 1.95 bits per heavy atom. The van der Waals surface area contributed by atoms with Crippen LogP contribution in [0.1, 0.15) is 25.3 Å². The number of nitrogens with two attached hydrogens (primary N) is 1. The summed E-state index contributed by atoms with van der Waals surface area (Å²) in [6.45, 7) is 2.83. The van der Waals surface area contributed by atoms with Crippen molar-refractivity contribution in [3.05, 3.63) is 29.8 Å². The highest BCUT2D eigenvalue weighted by atomic mass is 16.5. The number of urea groups is 1. The maximum absolute atomic E-state index is 11.5. The molecule has 1 rings (SSSR count). The van der Waals surface area contributed by atoms with Gasteiger partial charge in [0.2, 0.25) is 0 Å². The minimum atomic E-state index is -0.495. The van der Waals surface area contributed by atoms with Crippen LogP contribution < -0.4 is 21.1 Å². The third-order valence-electron chi connectivity index (χ3n) is 2.60. The highest BCUT2D eigenvalue weighted by Crippen LogP contribution is 2.11. The van der Waals surface area contributed by atoms with Gasteiger partial charge in [0.05, 0.1) is 0 Å². The molecule has 4 N–H and O–H groups in total. The SMILES string of the molecule is CCCCNC(=O)NC(=O)COc1ccc(CN)cc1. The first-order valence-corrected chi connectivity index (χ1v) is 6.65. The van der Waals surface area contributed by atoms with E-state index in [1.165, 1.54) is 0 Å². The molecule has 1 aromatic carbocycles. The van der Waals surface area contributed by atoms with Gasteiger partial charge in [0, 0.05) is 13.1 Å². The van der Waals surface area contributed by atoms with Gasteiger partial charge in [0.25, 0.3) is 5.91 Å². The summed E-state index contributed by atoms with van der Waals surface area (Å²) in [4.78, 5) is 22.8. The molecule has 0 saturated carbocycles. The number of rotatable bonds is 7. The van der Waals surface area contributed by atoms with E-state index in [2.05, 4.69) is 10.6 Å². The lowest BCUT2D eigenvalue weighted by Gasteiger charge is -2.08. The summed E-state index contributed by atoms with van der Waals surface area (Å²) >= 11 is 0. The van der Waals surface area contributed by atoms with E-state index in [0.717, 1.165) is 18.4 Å². The maximum Gasteiger partial charge on any atom is 0.321 e. The van der Waals surface area contributed by atoms with Crippen LogP contribution in [-0.2, 0) is 11.3 Å². The molecule has 3 amide bonds. The molecular formula is C14H21N3O3. The molecule has 0 radical (unpaired) electrons. The number of unbranched alkanes of at least 4 members (excludes halogenated alkanes) is 1.